The number of amides is 1. The van der Waals surface area contributed by atoms with Crippen LogP contribution in [0.4, 0.5) is 4.39 Å². The number of nitrogens with one attached hydrogen (secondary N) is 2. The van der Waals surface area contributed by atoms with Crippen LogP contribution in [0.3, 0.4) is 0 Å². The van der Waals surface area contributed by atoms with E-state index in [0.29, 0.717) is 12.0 Å². The normalized spacial score (nSPS) is 20.2. The summed E-state index contributed by atoms with van der Waals surface area (Å²) in [6, 6.07) is 16.0. The standard InChI is InChI=1S/C29H35FN4O2S/c30-24-9-7-22(8-10-24)21-3-5-23(6-4-21)26-17-27(26)31-18-20-11-14-34(15-12-20)13-1-2-29-32-25(19-37-29)16-28(35)33-36/h3-10,19-20,26-27,31,36H,1-2,11-18H2,(H,33,35). The van der Waals surface area contributed by atoms with Crippen LogP contribution in [0.2, 0.25) is 0 Å². The van der Waals surface area contributed by atoms with E-state index < -0.39 is 5.91 Å². The van der Waals surface area contributed by atoms with Crippen molar-refractivity contribution in [1.29, 1.82) is 0 Å². The number of benzene rings is 2. The van der Waals surface area contributed by atoms with Crippen molar-refractivity contribution in [3.63, 3.8) is 0 Å². The van der Waals surface area contributed by atoms with Gasteiger partial charge in [-0.3, -0.25) is 10.0 Å². The molecule has 6 nitrogen and oxygen atoms in total. The molecule has 1 saturated carbocycles. The number of piperidine rings is 1. The molecule has 1 saturated heterocycles. The fourth-order valence-corrected chi connectivity index (χ4v) is 6.13. The van der Waals surface area contributed by atoms with Crippen LogP contribution < -0.4 is 10.8 Å². The molecule has 2 heterocycles. The van der Waals surface area contributed by atoms with Gasteiger partial charge in [-0.05, 0) is 86.6 Å². The SMILES string of the molecule is O=C(Cc1csc(CCCN2CCC(CNC3CC3c3ccc(-c4ccc(F)cc4)cc3)CC2)n1)NO. The van der Waals surface area contributed by atoms with E-state index in [0.717, 1.165) is 66.8 Å². The van der Waals surface area contributed by atoms with Gasteiger partial charge in [0.15, 0.2) is 0 Å². The zero-order valence-electron chi connectivity index (χ0n) is 21.0. The zero-order chi connectivity index (χ0) is 25.6. The molecule has 1 aliphatic carbocycles. The summed E-state index contributed by atoms with van der Waals surface area (Å²) in [5.41, 5.74) is 5.94. The minimum atomic E-state index is -0.427. The molecule has 5 rings (SSSR count). The fourth-order valence-electron chi connectivity index (χ4n) is 5.29. The molecule has 37 heavy (non-hydrogen) atoms. The maximum Gasteiger partial charge on any atom is 0.249 e. The Morgan fingerprint density at radius 1 is 1.08 bits per heavy atom. The molecule has 0 radical (unpaired) electrons. The Morgan fingerprint density at radius 3 is 2.49 bits per heavy atom. The van der Waals surface area contributed by atoms with Crippen molar-refractivity contribution in [3.05, 3.63) is 76.0 Å². The largest absolute Gasteiger partial charge is 0.313 e. The van der Waals surface area contributed by atoms with E-state index in [-0.39, 0.29) is 12.2 Å². The summed E-state index contributed by atoms with van der Waals surface area (Å²) in [6.45, 7) is 4.51. The molecule has 3 N–H and O–H groups in total. The maximum absolute atomic E-state index is 13.2. The van der Waals surface area contributed by atoms with Crippen LogP contribution in [0.15, 0.2) is 53.9 Å². The first kappa shape index (κ1) is 26.0. The number of hydroxylamine groups is 1. The Labute approximate surface area is 221 Å². The van der Waals surface area contributed by atoms with Gasteiger partial charge in [0, 0.05) is 23.8 Å². The summed E-state index contributed by atoms with van der Waals surface area (Å²) in [5.74, 6) is 0.723. The highest BCUT2D eigenvalue weighted by Gasteiger charge is 2.38. The quantitative estimate of drug-likeness (QED) is 0.249. The van der Waals surface area contributed by atoms with Gasteiger partial charge in [-0.1, -0.05) is 36.4 Å². The van der Waals surface area contributed by atoms with Crippen LogP contribution >= 0.6 is 11.3 Å². The minimum Gasteiger partial charge on any atom is -0.313 e. The van der Waals surface area contributed by atoms with Crippen molar-refractivity contribution in [1.82, 2.24) is 20.7 Å². The molecule has 1 amide bonds. The van der Waals surface area contributed by atoms with E-state index in [2.05, 4.69) is 39.5 Å². The van der Waals surface area contributed by atoms with Crippen LogP contribution in [0.5, 0.6) is 0 Å². The molecule has 196 valence electrons. The highest BCUT2D eigenvalue weighted by molar-refractivity contribution is 7.09. The van der Waals surface area contributed by atoms with Gasteiger partial charge in [0.05, 0.1) is 17.1 Å². The van der Waals surface area contributed by atoms with E-state index >= 15 is 0 Å². The van der Waals surface area contributed by atoms with E-state index in [1.807, 2.05) is 17.5 Å². The number of rotatable bonds is 11. The average molecular weight is 523 g/mol. The number of nitrogens with zero attached hydrogens (tertiary/aromatic N) is 2. The van der Waals surface area contributed by atoms with Crippen LogP contribution in [-0.2, 0) is 17.6 Å². The summed E-state index contributed by atoms with van der Waals surface area (Å²) in [4.78, 5) is 18.3. The second kappa shape index (κ2) is 12.3. The third-order valence-electron chi connectivity index (χ3n) is 7.61. The van der Waals surface area contributed by atoms with Gasteiger partial charge in [-0.2, -0.15) is 0 Å². The Hall–Kier alpha value is -2.65. The van der Waals surface area contributed by atoms with Gasteiger partial charge >= 0.3 is 0 Å². The van der Waals surface area contributed by atoms with Crippen LogP contribution in [-0.4, -0.2) is 53.2 Å². The first-order valence-electron chi connectivity index (χ1n) is 13.2. The van der Waals surface area contributed by atoms with Gasteiger partial charge < -0.3 is 10.2 Å². The van der Waals surface area contributed by atoms with Crippen molar-refractivity contribution in [2.75, 3.05) is 26.2 Å². The van der Waals surface area contributed by atoms with Crippen molar-refractivity contribution in [2.24, 2.45) is 5.92 Å². The molecule has 2 aromatic carbocycles. The van der Waals surface area contributed by atoms with E-state index in [4.69, 9.17) is 5.21 Å². The Morgan fingerprint density at radius 2 is 1.78 bits per heavy atom. The van der Waals surface area contributed by atoms with E-state index in [1.165, 1.54) is 37.0 Å². The molecule has 2 aliphatic rings. The Kier molecular flexibility index (Phi) is 8.61. The molecule has 1 aromatic heterocycles. The molecule has 0 bridgehead atoms. The molecule has 2 atom stereocenters. The predicted molar refractivity (Wildman–Crippen MR) is 144 cm³/mol. The third-order valence-corrected chi connectivity index (χ3v) is 8.57. The van der Waals surface area contributed by atoms with E-state index in [9.17, 15) is 9.18 Å². The molecule has 3 aromatic rings. The molecule has 0 spiro atoms. The first-order chi connectivity index (χ1) is 18.1. The van der Waals surface area contributed by atoms with Gasteiger partial charge in [0.25, 0.3) is 0 Å². The first-order valence-corrected chi connectivity index (χ1v) is 14.1. The van der Waals surface area contributed by atoms with E-state index in [1.54, 1.807) is 16.8 Å². The lowest BCUT2D eigenvalue weighted by molar-refractivity contribution is -0.128. The topological polar surface area (TPSA) is 77.5 Å². The van der Waals surface area contributed by atoms with Crippen molar-refractivity contribution >= 4 is 17.2 Å². The number of aryl methyl sites for hydroxylation is 1. The summed E-state index contributed by atoms with van der Waals surface area (Å²) in [6.07, 6.45) is 5.83. The smallest absolute Gasteiger partial charge is 0.249 e. The van der Waals surface area contributed by atoms with Crippen LogP contribution in [0.1, 0.15) is 47.9 Å². The lowest BCUT2D eigenvalue weighted by atomic mass is 9.96. The molecule has 1 aliphatic heterocycles. The summed E-state index contributed by atoms with van der Waals surface area (Å²) in [5, 5.41) is 15.4. The second-order valence-corrected chi connectivity index (χ2v) is 11.3. The number of hydrogen-bond acceptors (Lipinski definition) is 6. The lowest BCUT2D eigenvalue weighted by Crippen LogP contribution is -2.38. The number of carbonyl (C=O) groups excluding carboxylic acids is 1. The maximum atomic E-state index is 13.2. The number of carbonyl (C=O) groups is 1. The van der Waals surface area contributed by atoms with Crippen molar-refractivity contribution in [3.8, 4) is 11.1 Å². The highest BCUT2D eigenvalue weighted by Crippen LogP contribution is 2.41. The van der Waals surface area contributed by atoms with Crippen LogP contribution in [0, 0.1) is 11.7 Å². The van der Waals surface area contributed by atoms with Crippen LogP contribution in [0.25, 0.3) is 11.1 Å². The van der Waals surface area contributed by atoms with Gasteiger partial charge in [0.2, 0.25) is 5.91 Å². The second-order valence-electron chi connectivity index (χ2n) is 10.3. The van der Waals surface area contributed by atoms with Gasteiger partial charge in [-0.15, -0.1) is 11.3 Å². The highest BCUT2D eigenvalue weighted by atomic mass is 32.1. The monoisotopic (exact) mass is 522 g/mol. The number of halogens is 1. The summed E-state index contributed by atoms with van der Waals surface area (Å²) < 4.78 is 13.2. The summed E-state index contributed by atoms with van der Waals surface area (Å²) in [7, 11) is 0. The zero-order valence-corrected chi connectivity index (χ0v) is 21.9. The Bertz CT molecular complexity index is 1160. The van der Waals surface area contributed by atoms with Crippen molar-refractivity contribution < 1.29 is 14.4 Å². The minimum absolute atomic E-state index is 0.125. The number of thiazole rings is 1. The Balaban J connectivity index is 0.968. The molecule has 2 fully saturated rings. The average Bonchev–Trinajstić information content (AvgIpc) is 3.58. The fraction of sp³-hybridized carbons (Fsp3) is 0.448. The lowest BCUT2D eigenvalue weighted by Gasteiger charge is -2.32. The van der Waals surface area contributed by atoms with Gasteiger partial charge in [-0.25, -0.2) is 14.9 Å². The molecular weight excluding hydrogens is 487 g/mol. The van der Waals surface area contributed by atoms with Crippen molar-refractivity contribution in [2.45, 2.75) is 50.5 Å². The number of likely N-dealkylation sites (tertiary alicyclic amines) is 1. The molecule has 8 heteroatoms. The number of hydrogen-bond donors (Lipinski definition) is 3. The molecule has 2 unspecified atom stereocenters. The third kappa shape index (κ3) is 7.23. The predicted octanol–water partition coefficient (Wildman–Crippen LogP) is 4.79. The molecular formula is C29H35FN4O2S. The summed E-state index contributed by atoms with van der Waals surface area (Å²) >= 11 is 1.59. The number of aromatic nitrogens is 1. The van der Waals surface area contributed by atoms with Gasteiger partial charge in [0.1, 0.15) is 5.82 Å².